The van der Waals surface area contributed by atoms with E-state index < -0.39 is 28.5 Å². The molecule has 10 heteroatoms. The fourth-order valence-corrected chi connectivity index (χ4v) is 5.50. The predicted octanol–water partition coefficient (Wildman–Crippen LogP) is 4.37. The van der Waals surface area contributed by atoms with E-state index in [0.717, 1.165) is 42.7 Å². The summed E-state index contributed by atoms with van der Waals surface area (Å²) in [6.45, 7) is 3.60. The molecule has 2 aromatic carbocycles. The van der Waals surface area contributed by atoms with E-state index in [0.29, 0.717) is 28.6 Å². The van der Waals surface area contributed by atoms with Crippen LogP contribution >= 0.6 is 11.6 Å². The van der Waals surface area contributed by atoms with Crippen molar-refractivity contribution in [3.63, 3.8) is 0 Å². The number of carbonyl (C=O) groups excluding carboxylic acids is 2. The van der Waals surface area contributed by atoms with Crippen molar-refractivity contribution >= 4 is 39.1 Å². The number of nitrogens with one attached hydrogen (secondary N) is 1. The van der Waals surface area contributed by atoms with Gasteiger partial charge in [0.05, 0.1) is 18.6 Å². The van der Waals surface area contributed by atoms with Crippen LogP contribution in [0.1, 0.15) is 51.5 Å². The maximum atomic E-state index is 13.7. The number of benzene rings is 2. The van der Waals surface area contributed by atoms with Crippen molar-refractivity contribution in [3.05, 3.63) is 59.1 Å². The molecule has 1 aliphatic carbocycles. The van der Waals surface area contributed by atoms with Crippen molar-refractivity contribution in [2.45, 2.75) is 64.6 Å². The Labute approximate surface area is 225 Å². The molecule has 2 amide bonds. The van der Waals surface area contributed by atoms with Gasteiger partial charge in [0, 0.05) is 17.6 Å². The van der Waals surface area contributed by atoms with E-state index in [1.807, 2.05) is 6.92 Å². The Kier molecular flexibility index (Phi) is 10.2. The number of ether oxygens (including phenoxy) is 1. The molecule has 2 aromatic rings. The zero-order valence-corrected chi connectivity index (χ0v) is 23.2. The van der Waals surface area contributed by atoms with Crippen LogP contribution in [0.5, 0.6) is 5.75 Å². The van der Waals surface area contributed by atoms with Crippen LogP contribution in [0, 0.1) is 0 Å². The first kappa shape index (κ1) is 28.8. The standard InChI is InChI=1S/C27H36ClN3O5S/c1-4-36-24-16-14-23(15-17-24)31(37(3,34)35)19-26(32)30(18-21-10-8-9-13-25(21)28)20(2)27(33)29-22-11-6-5-7-12-22/h8-10,13-17,20,22H,4-7,11-12,18-19H2,1-3H3,(H,29,33). The summed E-state index contributed by atoms with van der Waals surface area (Å²) in [6, 6.07) is 12.9. The van der Waals surface area contributed by atoms with E-state index in [1.54, 1.807) is 55.5 Å². The van der Waals surface area contributed by atoms with Gasteiger partial charge in [0.25, 0.3) is 0 Å². The molecule has 0 aromatic heterocycles. The summed E-state index contributed by atoms with van der Waals surface area (Å²) in [5.41, 5.74) is 0.998. The number of hydrogen-bond acceptors (Lipinski definition) is 5. The van der Waals surface area contributed by atoms with Crippen LogP contribution in [0.4, 0.5) is 5.69 Å². The largest absolute Gasteiger partial charge is 0.494 e. The van der Waals surface area contributed by atoms with Crippen LogP contribution < -0.4 is 14.4 Å². The van der Waals surface area contributed by atoms with Crippen LogP contribution in [0.3, 0.4) is 0 Å². The van der Waals surface area contributed by atoms with Crippen LogP contribution in [-0.2, 0) is 26.2 Å². The molecular weight excluding hydrogens is 514 g/mol. The van der Waals surface area contributed by atoms with Gasteiger partial charge in [0.1, 0.15) is 18.3 Å². The van der Waals surface area contributed by atoms with Gasteiger partial charge in [-0.15, -0.1) is 0 Å². The van der Waals surface area contributed by atoms with E-state index in [-0.39, 0.29) is 18.5 Å². The maximum absolute atomic E-state index is 13.7. The lowest BCUT2D eigenvalue weighted by atomic mass is 9.95. The van der Waals surface area contributed by atoms with Crippen LogP contribution in [0.25, 0.3) is 0 Å². The lowest BCUT2D eigenvalue weighted by Crippen LogP contribution is -2.53. The highest BCUT2D eigenvalue weighted by Crippen LogP contribution is 2.24. The zero-order chi connectivity index (χ0) is 27.0. The number of rotatable bonds is 11. The number of sulfonamides is 1. The fraction of sp³-hybridized carbons (Fsp3) is 0.481. The van der Waals surface area contributed by atoms with Gasteiger partial charge < -0.3 is 15.0 Å². The summed E-state index contributed by atoms with van der Waals surface area (Å²) in [5.74, 6) is -0.177. The zero-order valence-electron chi connectivity index (χ0n) is 21.7. The van der Waals surface area contributed by atoms with Crippen molar-refractivity contribution in [3.8, 4) is 5.75 Å². The molecule has 1 unspecified atom stereocenters. The molecule has 0 heterocycles. The average Bonchev–Trinajstić information content (AvgIpc) is 2.87. The number of halogens is 1. The summed E-state index contributed by atoms with van der Waals surface area (Å²) in [5, 5.41) is 3.54. The molecule has 3 rings (SSSR count). The van der Waals surface area contributed by atoms with Crippen LogP contribution in [-0.4, -0.2) is 56.6 Å². The van der Waals surface area contributed by atoms with E-state index in [1.165, 1.54) is 4.90 Å². The Morgan fingerprint density at radius 2 is 1.73 bits per heavy atom. The van der Waals surface area contributed by atoms with E-state index in [4.69, 9.17) is 16.3 Å². The lowest BCUT2D eigenvalue weighted by molar-refractivity contribution is -0.139. The minimum Gasteiger partial charge on any atom is -0.494 e. The molecule has 37 heavy (non-hydrogen) atoms. The molecular formula is C27H36ClN3O5S. The van der Waals surface area contributed by atoms with Gasteiger partial charge >= 0.3 is 0 Å². The quantitative estimate of drug-likeness (QED) is 0.449. The number of carbonyl (C=O) groups is 2. The highest BCUT2D eigenvalue weighted by molar-refractivity contribution is 7.92. The lowest BCUT2D eigenvalue weighted by Gasteiger charge is -2.33. The molecule has 0 saturated heterocycles. The molecule has 202 valence electrons. The molecule has 0 radical (unpaired) electrons. The third-order valence-corrected chi connectivity index (χ3v) is 8.04. The van der Waals surface area contributed by atoms with Crippen LogP contribution in [0.2, 0.25) is 5.02 Å². The highest BCUT2D eigenvalue weighted by Gasteiger charge is 2.31. The Balaban J connectivity index is 1.86. The maximum Gasteiger partial charge on any atom is 0.244 e. The Bertz CT molecular complexity index is 1170. The summed E-state index contributed by atoms with van der Waals surface area (Å²) in [6.07, 6.45) is 6.16. The number of amides is 2. The summed E-state index contributed by atoms with van der Waals surface area (Å²) >= 11 is 6.37. The molecule has 1 N–H and O–H groups in total. The molecule has 1 fully saturated rings. The van der Waals surface area contributed by atoms with Gasteiger partial charge in [-0.1, -0.05) is 49.1 Å². The summed E-state index contributed by atoms with van der Waals surface area (Å²) < 4.78 is 31.9. The second kappa shape index (κ2) is 13.1. The number of anilines is 1. The van der Waals surface area contributed by atoms with Crippen molar-refractivity contribution < 1.29 is 22.7 Å². The van der Waals surface area contributed by atoms with Crippen molar-refractivity contribution in [1.82, 2.24) is 10.2 Å². The Hall–Kier alpha value is -2.78. The van der Waals surface area contributed by atoms with Crippen molar-refractivity contribution in [2.75, 3.05) is 23.7 Å². The van der Waals surface area contributed by atoms with Gasteiger partial charge in [-0.3, -0.25) is 13.9 Å². The summed E-state index contributed by atoms with van der Waals surface area (Å²) in [4.78, 5) is 28.3. The number of nitrogens with zero attached hydrogens (tertiary/aromatic N) is 2. The topological polar surface area (TPSA) is 96.0 Å². The number of hydrogen-bond donors (Lipinski definition) is 1. The van der Waals surface area contributed by atoms with E-state index in [9.17, 15) is 18.0 Å². The first-order valence-electron chi connectivity index (χ1n) is 12.6. The Morgan fingerprint density at radius 1 is 1.08 bits per heavy atom. The van der Waals surface area contributed by atoms with Crippen molar-refractivity contribution in [1.29, 1.82) is 0 Å². The second-order valence-electron chi connectivity index (χ2n) is 9.33. The second-order valence-corrected chi connectivity index (χ2v) is 11.6. The first-order chi connectivity index (χ1) is 17.6. The van der Waals surface area contributed by atoms with E-state index in [2.05, 4.69) is 5.32 Å². The highest BCUT2D eigenvalue weighted by atomic mass is 35.5. The fourth-order valence-electron chi connectivity index (χ4n) is 4.45. The first-order valence-corrected chi connectivity index (χ1v) is 14.9. The normalized spacial score (nSPS) is 15.0. The molecule has 0 bridgehead atoms. The van der Waals surface area contributed by atoms with Gasteiger partial charge in [0.15, 0.2) is 0 Å². The Morgan fingerprint density at radius 3 is 2.32 bits per heavy atom. The molecule has 1 saturated carbocycles. The smallest absolute Gasteiger partial charge is 0.244 e. The van der Waals surface area contributed by atoms with Crippen LogP contribution in [0.15, 0.2) is 48.5 Å². The monoisotopic (exact) mass is 549 g/mol. The average molecular weight is 550 g/mol. The van der Waals surface area contributed by atoms with E-state index >= 15 is 0 Å². The molecule has 1 aliphatic rings. The van der Waals surface area contributed by atoms with Gasteiger partial charge in [-0.2, -0.15) is 0 Å². The minimum absolute atomic E-state index is 0.0681. The third kappa shape index (κ3) is 8.10. The van der Waals surface area contributed by atoms with Gasteiger partial charge in [0.2, 0.25) is 21.8 Å². The molecule has 1 atom stereocenters. The molecule has 0 aliphatic heterocycles. The summed E-state index contributed by atoms with van der Waals surface area (Å²) in [7, 11) is -3.80. The molecule has 8 nitrogen and oxygen atoms in total. The van der Waals surface area contributed by atoms with Crippen molar-refractivity contribution in [2.24, 2.45) is 0 Å². The predicted molar refractivity (Wildman–Crippen MR) is 146 cm³/mol. The minimum atomic E-state index is -3.80. The third-order valence-electron chi connectivity index (χ3n) is 6.53. The SMILES string of the molecule is CCOc1ccc(N(CC(=O)N(Cc2ccccc2Cl)C(C)C(=O)NC2CCCCC2)S(C)(=O)=O)cc1. The molecule has 0 spiro atoms. The van der Waals surface area contributed by atoms with Gasteiger partial charge in [-0.05, 0) is 62.6 Å². The van der Waals surface area contributed by atoms with Gasteiger partial charge in [-0.25, -0.2) is 8.42 Å².